The molecule has 0 saturated carbocycles. The molecule has 0 radical (unpaired) electrons. The van der Waals surface area contributed by atoms with E-state index in [-0.39, 0.29) is 6.42 Å². The lowest BCUT2D eigenvalue weighted by Crippen LogP contribution is -2.14. The second-order valence-electron chi connectivity index (χ2n) is 4.67. The van der Waals surface area contributed by atoms with E-state index < -0.39 is 17.8 Å². The first kappa shape index (κ1) is 16.1. The molecule has 0 aliphatic carbocycles. The molecule has 2 aromatic carbocycles. The molecule has 1 nitrogen and oxygen atoms in total. The highest BCUT2D eigenvalue weighted by Crippen LogP contribution is 2.31. The SMILES string of the molecule is NC(Cc1cccc(C(F)(F)F)c1)c1ccc(Cl)cc1Cl. The molecule has 1 unspecified atom stereocenters. The number of hydrogen-bond acceptors (Lipinski definition) is 1. The number of alkyl halides is 3. The lowest BCUT2D eigenvalue weighted by molar-refractivity contribution is -0.137. The number of rotatable bonds is 3. The van der Waals surface area contributed by atoms with Gasteiger partial charge in [0.1, 0.15) is 0 Å². The molecule has 2 N–H and O–H groups in total. The van der Waals surface area contributed by atoms with Gasteiger partial charge in [-0.15, -0.1) is 0 Å². The molecular weight excluding hydrogens is 322 g/mol. The van der Waals surface area contributed by atoms with Gasteiger partial charge < -0.3 is 5.73 Å². The maximum atomic E-state index is 12.7. The highest BCUT2D eigenvalue weighted by molar-refractivity contribution is 6.35. The molecule has 0 aliphatic rings. The van der Waals surface area contributed by atoms with Crippen molar-refractivity contribution in [3.05, 3.63) is 69.2 Å². The van der Waals surface area contributed by atoms with Crippen molar-refractivity contribution in [1.29, 1.82) is 0 Å². The van der Waals surface area contributed by atoms with Crippen LogP contribution in [0.3, 0.4) is 0 Å². The van der Waals surface area contributed by atoms with E-state index in [9.17, 15) is 13.2 Å². The summed E-state index contributed by atoms with van der Waals surface area (Å²) in [7, 11) is 0. The summed E-state index contributed by atoms with van der Waals surface area (Å²) in [5.41, 5.74) is 6.50. The maximum absolute atomic E-state index is 12.7. The van der Waals surface area contributed by atoms with Gasteiger partial charge in [-0.05, 0) is 35.7 Å². The van der Waals surface area contributed by atoms with Crippen LogP contribution in [0.4, 0.5) is 13.2 Å². The zero-order chi connectivity index (χ0) is 15.6. The van der Waals surface area contributed by atoms with Gasteiger partial charge in [0, 0.05) is 16.1 Å². The predicted molar refractivity (Wildman–Crippen MR) is 78.5 cm³/mol. The third-order valence-electron chi connectivity index (χ3n) is 3.07. The fourth-order valence-corrected chi connectivity index (χ4v) is 2.59. The van der Waals surface area contributed by atoms with E-state index >= 15 is 0 Å². The number of hydrogen-bond donors (Lipinski definition) is 1. The average Bonchev–Trinajstić information content (AvgIpc) is 2.37. The zero-order valence-corrected chi connectivity index (χ0v) is 12.3. The molecule has 2 rings (SSSR count). The summed E-state index contributed by atoms with van der Waals surface area (Å²) in [5.74, 6) is 0. The van der Waals surface area contributed by atoms with Crippen LogP contribution in [0.1, 0.15) is 22.7 Å². The van der Waals surface area contributed by atoms with E-state index in [0.717, 1.165) is 12.1 Å². The monoisotopic (exact) mass is 333 g/mol. The van der Waals surface area contributed by atoms with Gasteiger partial charge in [0.05, 0.1) is 5.56 Å². The minimum Gasteiger partial charge on any atom is -0.324 e. The first-order chi connectivity index (χ1) is 9.77. The quantitative estimate of drug-likeness (QED) is 0.815. The number of benzene rings is 2. The van der Waals surface area contributed by atoms with Crippen LogP contribution < -0.4 is 5.73 Å². The van der Waals surface area contributed by atoms with Crippen LogP contribution in [0.2, 0.25) is 10.0 Å². The minimum atomic E-state index is -4.36. The summed E-state index contributed by atoms with van der Waals surface area (Å²) in [6.07, 6.45) is -4.11. The van der Waals surface area contributed by atoms with Crippen molar-refractivity contribution in [3.63, 3.8) is 0 Å². The highest BCUT2D eigenvalue weighted by atomic mass is 35.5. The summed E-state index contributed by atoms with van der Waals surface area (Å²) < 4.78 is 38.0. The van der Waals surface area contributed by atoms with Gasteiger partial charge in [0.2, 0.25) is 0 Å². The average molecular weight is 334 g/mol. The molecule has 0 bridgehead atoms. The smallest absolute Gasteiger partial charge is 0.324 e. The van der Waals surface area contributed by atoms with E-state index in [1.54, 1.807) is 24.3 Å². The molecule has 0 heterocycles. The molecule has 21 heavy (non-hydrogen) atoms. The maximum Gasteiger partial charge on any atom is 0.416 e. The largest absolute Gasteiger partial charge is 0.416 e. The minimum absolute atomic E-state index is 0.255. The molecular formula is C15H12Cl2F3N. The fraction of sp³-hybridized carbons (Fsp3) is 0.200. The third-order valence-corrected chi connectivity index (χ3v) is 3.63. The van der Waals surface area contributed by atoms with E-state index in [2.05, 4.69) is 0 Å². The molecule has 0 saturated heterocycles. The third kappa shape index (κ3) is 4.13. The van der Waals surface area contributed by atoms with Gasteiger partial charge >= 0.3 is 6.18 Å². The van der Waals surface area contributed by atoms with Crippen molar-refractivity contribution in [2.75, 3.05) is 0 Å². The highest BCUT2D eigenvalue weighted by Gasteiger charge is 2.30. The fourth-order valence-electron chi connectivity index (χ4n) is 2.04. The molecule has 0 amide bonds. The first-order valence-electron chi connectivity index (χ1n) is 6.14. The molecule has 2 aromatic rings. The Labute approximate surface area is 130 Å². The second-order valence-corrected chi connectivity index (χ2v) is 5.52. The van der Waals surface area contributed by atoms with Crippen LogP contribution in [0.5, 0.6) is 0 Å². The lowest BCUT2D eigenvalue weighted by Gasteiger charge is -2.15. The predicted octanol–water partition coefficient (Wildman–Crippen LogP) is 5.25. The van der Waals surface area contributed by atoms with Gasteiger partial charge in [0.25, 0.3) is 0 Å². The van der Waals surface area contributed by atoms with E-state index in [1.165, 1.54) is 6.07 Å². The Morgan fingerprint density at radius 1 is 1.05 bits per heavy atom. The van der Waals surface area contributed by atoms with Gasteiger partial charge in [0.15, 0.2) is 0 Å². The standard InChI is InChI=1S/C15H12Cl2F3N/c16-11-4-5-12(13(17)8-11)14(21)7-9-2-1-3-10(6-9)15(18,19)20/h1-6,8,14H,7,21H2. The second kappa shape index (κ2) is 6.26. The van der Waals surface area contributed by atoms with Crippen molar-refractivity contribution in [3.8, 4) is 0 Å². The summed E-state index contributed by atoms with van der Waals surface area (Å²) >= 11 is 11.9. The summed E-state index contributed by atoms with van der Waals surface area (Å²) in [6, 6.07) is 9.50. The summed E-state index contributed by atoms with van der Waals surface area (Å²) in [6.45, 7) is 0. The molecule has 0 fully saturated rings. The Hall–Kier alpha value is -1.23. The Balaban J connectivity index is 2.21. The number of halogens is 5. The van der Waals surface area contributed by atoms with Crippen molar-refractivity contribution < 1.29 is 13.2 Å². The van der Waals surface area contributed by atoms with Crippen molar-refractivity contribution >= 4 is 23.2 Å². The van der Waals surface area contributed by atoms with E-state index in [0.29, 0.717) is 21.2 Å². The van der Waals surface area contributed by atoms with Gasteiger partial charge in [-0.3, -0.25) is 0 Å². The topological polar surface area (TPSA) is 26.0 Å². The Bertz CT molecular complexity index is 641. The van der Waals surface area contributed by atoms with Crippen molar-refractivity contribution in [2.45, 2.75) is 18.6 Å². The summed E-state index contributed by atoms with van der Waals surface area (Å²) in [5, 5.41) is 0.886. The number of nitrogens with two attached hydrogens (primary N) is 1. The van der Waals surface area contributed by atoms with Crippen LogP contribution >= 0.6 is 23.2 Å². The van der Waals surface area contributed by atoms with Crippen molar-refractivity contribution in [1.82, 2.24) is 0 Å². The normalized spacial score (nSPS) is 13.2. The molecule has 0 spiro atoms. The van der Waals surface area contributed by atoms with Crippen LogP contribution in [0, 0.1) is 0 Å². The molecule has 6 heteroatoms. The van der Waals surface area contributed by atoms with Crippen molar-refractivity contribution in [2.24, 2.45) is 5.73 Å². The van der Waals surface area contributed by atoms with Gasteiger partial charge in [-0.2, -0.15) is 13.2 Å². The van der Waals surface area contributed by atoms with E-state index in [1.807, 2.05) is 0 Å². The molecule has 1 atom stereocenters. The van der Waals surface area contributed by atoms with Crippen LogP contribution in [-0.4, -0.2) is 0 Å². The Morgan fingerprint density at radius 2 is 1.76 bits per heavy atom. The molecule has 0 aliphatic heterocycles. The molecule has 112 valence electrons. The summed E-state index contributed by atoms with van der Waals surface area (Å²) in [4.78, 5) is 0. The van der Waals surface area contributed by atoms with Gasteiger partial charge in [-0.25, -0.2) is 0 Å². The lowest BCUT2D eigenvalue weighted by atomic mass is 9.98. The Morgan fingerprint density at radius 3 is 2.38 bits per heavy atom. The first-order valence-corrected chi connectivity index (χ1v) is 6.89. The molecule has 0 aromatic heterocycles. The van der Waals surface area contributed by atoms with E-state index in [4.69, 9.17) is 28.9 Å². The zero-order valence-electron chi connectivity index (χ0n) is 10.8. The Kier molecular flexibility index (Phi) is 4.81. The van der Waals surface area contributed by atoms with Gasteiger partial charge in [-0.1, -0.05) is 47.5 Å². The van der Waals surface area contributed by atoms with Crippen LogP contribution in [0.25, 0.3) is 0 Å². The van der Waals surface area contributed by atoms with Crippen LogP contribution in [0.15, 0.2) is 42.5 Å². The van der Waals surface area contributed by atoms with Crippen LogP contribution in [-0.2, 0) is 12.6 Å².